The molecule has 0 heterocycles. The van der Waals surface area contributed by atoms with Crippen molar-refractivity contribution in [1.82, 2.24) is 10.6 Å². The van der Waals surface area contributed by atoms with Gasteiger partial charge in [-0.15, -0.1) is 0 Å². The highest BCUT2D eigenvalue weighted by Gasteiger charge is 2.26. The highest BCUT2D eigenvalue weighted by Crippen LogP contribution is 2.18. The average Bonchev–Trinajstić information content (AvgIpc) is 2.23. The molecule has 0 spiro atoms. The predicted molar refractivity (Wildman–Crippen MR) is 72.8 cm³/mol. The van der Waals surface area contributed by atoms with Crippen molar-refractivity contribution in [2.45, 2.75) is 38.1 Å². The summed E-state index contributed by atoms with van der Waals surface area (Å²) < 4.78 is 47.3. The third-order valence-corrected chi connectivity index (χ3v) is 4.13. The number of rotatable bonds is 5. The number of aliphatic imine (C=N–C) groups is 1. The lowest BCUT2D eigenvalue weighted by Crippen LogP contribution is -2.41. The Labute approximate surface area is 114 Å². The van der Waals surface area contributed by atoms with E-state index < -0.39 is 23.4 Å². The van der Waals surface area contributed by atoms with Crippen LogP contribution in [0, 0.1) is 0 Å². The van der Waals surface area contributed by atoms with Gasteiger partial charge in [0.1, 0.15) is 0 Å². The van der Waals surface area contributed by atoms with Crippen LogP contribution < -0.4 is 10.6 Å². The average molecular weight is 301 g/mol. The fourth-order valence-corrected chi connectivity index (χ4v) is 2.01. The van der Waals surface area contributed by atoms with Gasteiger partial charge >= 0.3 is 6.18 Å². The zero-order valence-corrected chi connectivity index (χ0v) is 12.5. The van der Waals surface area contributed by atoms with Gasteiger partial charge in [0.05, 0.1) is 6.42 Å². The van der Waals surface area contributed by atoms with Crippen LogP contribution in [0.2, 0.25) is 0 Å². The SMILES string of the molecule is CN=C(NCCS(=O)C(C)(C)C)NCCC(F)(F)F. The van der Waals surface area contributed by atoms with E-state index >= 15 is 0 Å². The van der Waals surface area contributed by atoms with E-state index in [9.17, 15) is 17.4 Å². The second-order valence-electron chi connectivity index (χ2n) is 4.95. The summed E-state index contributed by atoms with van der Waals surface area (Å²) in [6, 6.07) is 0. The van der Waals surface area contributed by atoms with Gasteiger partial charge in [-0.2, -0.15) is 13.2 Å². The van der Waals surface area contributed by atoms with Crippen LogP contribution >= 0.6 is 0 Å². The van der Waals surface area contributed by atoms with Crippen molar-refractivity contribution in [3.8, 4) is 0 Å². The second-order valence-corrected chi connectivity index (χ2v) is 7.28. The summed E-state index contributed by atoms with van der Waals surface area (Å²) in [4.78, 5) is 3.79. The van der Waals surface area contributed by atoms with Crippen LogP contribution in [-0.4, -0.2) is 47.0 Å². The maximum Gasteiger partial charge on any atom is 0.390 e. The molecule has 4 nitrogen and oxygen atoms in total. The molecule has 0 radical (unpaired) electrons. The molecule has 0 amide bonds. The van der Waals surface area contributed by atoms with Crippen LogP contribution in [0.3, 0.4) is 0 Å². The molecule has 0 rings (SSSR count). The molecule has 0 aromatic heterocycles. The van der Waals surface area contributed by atoms with Crippen molar-refractivity contribution in [3.05, 3.63) is 0 Å². The lowest BCUT2D eigenvalue weighted by atomic mass is 10.3. The summed E-state index contributed by atoms with van der Waals surface area (Å²) >= 11 is 0. The van der Waals surface area contributed by atoms with Gasteiger partial charge in [-0.05, 0) is 20.8 Å². The molecule has 0 aliphatic heterocycles. The van der Waals surface area contributed by atoms with Crippen LogP contribution in [0.4, 0.5) is 13.2 Å². The molecule has 0 saturated heterocycles. The number of halogens is 3. The number of nitrogens with zero attached hydrogens (tertiary/aromatic N) is 1. The van der Waals surface area contributed by atoms with Gasteiger partial charge in [0.2, 0.25) is 0 Å². The van der Waals surface area contributed by atoms with E-state index in [-0.39, 0.29) is 17.3 Å². The molecule has 0 fully saturated rings. The molecule has 1 unspecified atom stereocenters. The maximum atomic E-state index is 12.0. The normalized spacial score (nSPS) is 15.2. The molecule has 8 heteroatoms. The van der Waals surface area contributed by atoms with Crippen molar-refractivity contribution >= 4 is 16.8 Å². The van der Waals surface area contributed by atoms with Gasteiger partial charge in [0.15, 0.2) is 5.96 Å². The minimum Gasteiger partial charge on any atom is -0.356 e. The smallest absolute Gasteiger partial charge is 0.356 e. The van der Waals surface area contributed by atoms with Crippen molar-refractivity contribution in [3.63, 3.8) is 0 Å². The van der Waals surface area contributed by atoms with E-state index in [4.69, 9.17) is 0 Å². The van der Waals surface area contributed by atoms with Crippen LogP contribution in [-0.2, 0) is 10.8 Å². The standard InChI is InChI=1S/C11H22F3N3OS/c1-10(2,3)19(18)8-7-17-9(15-4)16-6-5-11(12,13)14/h5-8H2,1-4H3,(H2,15,16,17). The molecule has 19 heavy (non-hydrogen) atoms. The van der Waals surface area contributed by atoms with Crippen molar-refractivity contribution in [1.29, 1.82) is 0 Å². The fraction of sp³-hybridized carbons (Fsp3) is 0.909. The lowest BCUT2D eigenvalue weighted by molar-refractivity contribution is -0.132. The Bertz CT molecular complexity index is 324. The van der Waals surface area contributed by atoms with Crippen molar-refractivity contribution in [2.24, 2.45) is 4.99 Å². The van der Waals surface area contributed by atoms with Gasteiger partial charge in [0.25, 0.3) is 0 Å². The van der Waals surface area contributed by atoms with Crippen molar-refractivity contribution < 1.29 is 17.4 Å². The Morgan fingerprint density at radius 1 is 1.16 bits per heavy atom. The van der Waals surface area contributed by atoms with E-state index in [0.717, 1.165) is 0 Å². The number of hydrogen-bond donors (Lipinski definition) is 2. The minimum absolute atomic E-state index is 0.231. The fourth-order valence-electron chi connectivity index (χ4n) is 1.11. The van der Waals surface area contributed by atoms with E-state index in [1.807, 2.05) is 20.8 Å². The first kappa shape index (κ1) is 18.2. The van der Waals surface area contributed by atoms with Gasteiger partial charge in [-0.25, -0.2) is 0 Å². The van der Waals surface area contributed by atoms with Crippen LogP contribution in [0.15, 0.2) is 4.99 Å². The molecular weight excluding hydrogens is 279 g/mol. The first-order valence-electron chi connectivity index (χ1n) is 5.96. The van der Waals surface area contributed by atoms with E-state index in [2.05, 4.69) is 15.6 Å². The summed E-state index contributed by atoms with van der Waals surface area (Å²) in [6.07, 6.45) is -5.10. The van der Waals surface area contributed by atoms with Crippen LogP contribution in [0.25, 0.3) is 0 Å². The monoisotopic (exact) mass is 301 g/mol. The lowest BCUT2D eigenvalue weighted by Gasteiger charge is -2.18. The molecule has 0 saturated carbocycles. The third-order valence-electron chi connectivity index (χ3n) is 2.19. The van der Waals surface area contributed by atoms with Gasteiger partial charge < -0.3 is 10.6 Å². The third kappa shape index (κ3) is 9.75. The van der Waals surface area contributed by atoms with E-state index in [0.29, 0.717) is 12.3 Å². The Morgan fingerprint density at radius 3 is 2.11 bits per heavy atom. The van der Waals surface area contributed by atoms with Gasteiger partial charge in [-0.3, -0.25) is 9.20 Å². The molecule has 0 bridgehead atoms. The zero-order valence-electron chi connectivity index (χ0n) is 11.7. The molecular formula is C11H22F3N3OS. The highest BCUT2D eigenvalue weighted by molar-refractivity contribution is 7.86. The second kappa shape index (κ2) is 7.72. The Hall–Kier alpha value is -0.790. The first-order valence-corrected chi connectivity index (χ1v) is 7.28. The topological polar surface area (TPSA) is 53.5 Å². The molecule has 1 atom stereocenters. The molecule has 0 aromatic rings. The summed E-state index contributed by atoms with van der Waals surface area (Å²) in [5.41, 5.74) is 0. The number of alkyl halides is 3. The van der Waals surface area contributed by atoms with E-state index in [1.165, 1.54) is 7.05 Å². The molecule has 114 valence electrons. The minimum atomic E-state index is -4.18. The van der Waals surface area contributed by atoms with Crippen molar-refractivity contribution in [2.75, 3.05) is 25.9 Å². The molecule has 0 aromatic carbocycles. The van der Waals surface area contributed by atoms with Crippen LogP contribution in [0.1, 0.15) is 27.2 Å². The number of nitrogens with one attached hydrogen (secondary N) is 2. The Kier molecular flexibility index (Phi) is 7.39. The Balaban J connectivity index is 3.94. The van der Waals surface area contributed by atoms with Gasteiger partial charge in [0, 0.05) is 41.4 Å². The summed E-state index contributed by atoms with van der Waals surface area (Å²) in [6.45, 7) is 5.79. The van der Waals surface area contributed by atoms with Crippen LogP contribution in [0.5, 0.6) is 0 Å². The Morgan fingerprint density at radius 2 is 1.68 bits per heavy atom. The largest absolute Gasteiger partial charge is 0.390 e. The molecule has 0 aliphatic rings. The maximum absolute atomic E-state index is 12.0. The summed E-state index contributed by atoms with van der Waals surface area (Å²) in [7, 11) is 0.475. The quantitative estimate of drug-likeness (QED) is 0.600. The number of hydrogen-bond acceptors (Lipinski definition) is 2. The molecule has 0 aliphatic carbocycles. The zero-order chi connectivity index (χ0) is 15.1. The summed E-state index contributed by atoms with van der Waals surface area (Å²) in [5, 5.41) is 5.40. The summed E-state index contributed by atoms with van der Waals surface area (Å²) in [5.74, 6) is 0.707. The van der Waals surface area contributed by atoms with E-state index in [1.54, 1.807) is 0 Å². The highest BCUT2D eigenvalue weighted by atomic mass is 32.2. The first-order chi connectivity index (χ1) is 8.56. The molecule has 2 N–H and O–H groups in total. The number of guanidine groups is 1. The van der Waals surface area contributed by atoms with Gasteiger partial charge in [-0.1, -0.05) is 0 Å². The predicted octanol–water partition coefficient (Wildman–Crippen LogP) is 1.65.